The van der Waals surface area contributed by atoms with Gasteiger partial charge in [-0.15, -0.1) is 11.3 Å². The van der Waals surface area contributed by atoms with Gasteiger partial charge in [-0.1, -0.05) is 12.1 Å². The molecule has 0 saturated carbocycles. The van der Waals surface area contributed by atoms with Crippen LogP contribution in [0.2, 0.25) is 0 Å². The molecule has 3 aromatic rings. The molecule has 0 aliphatic heterocycles. The summed E-state index contributed by atoms with van der Waals surface area (Å²) in [5.41, 5.74) is 2.54. The van der Waals surface area contributed by atoms with Gasteiger partial charge in [-0.3, -0.25) is 0 Å². The largest absolute Gasteiger partial charge is 0.388 e. The highest BCUT2D eigenvalue weighted by molar-refractivity contribution is 7.10. The molecule has 0 fully saturated rings. The van der Waals surface area contributed by atoms with Crippen LogP contribution in [0.3, 0.4) is 0 Å². The van der Waals surface area contributed by atoms with E-state index in [1.165, 1.54) is 0 Å². The second-order valence-electron chi connectivity index (χ2n) is 5.94. The van der Waals surface area contributed by atoms with Crippen LogP contribution in [0.4, 0.5) is 0 Å². The number of imidazole rings is 1. The van der Waals surface area contributed by atoms with Gasteiger partial charge in [0.2, 0.25) is 0 Å². The number of hydrogen-bond acceptors (Lipinski definition) is 4. The summed E-state index contributed by atoms with van der Waals surface area (Å²) in [6, 6.07) is 10.1. The van der Waals surface area contributed by atoms with Crippen LogP contribution in [0.15, 0.2) is 40.5 Å². The van der Waals surface area contributed by atoms with Crippen molar-refractivity contribution < 1.29 is 5.11 Å². The lowest BCUT2D eigenvalue weighted by atomic mass is 10.0. The van der Waals surface area contributed by atoms with Crippen molar-refractivity contribution in [3.05, 3.63) is 56.6 Å². The van der Waals surface area contributed by atoms with Crippen molar-refractivity contribution in [1.82, 2.24) is 15.3 Å². The Morgan fingerprint density at radius 2 is 2.00 bits per heavy atom. The third kappa shape index (κ3) is 3.72. The molecular weight excluding hydrogens is 310 g/mol. The maximum atomic E-state index is 11.3. The molecule has 6 heteroatoms. The highest BCUT2D eigenvalue weighted by Gasteiger charge is 2.16. The fraction of sp³-hybridized carbons (Fsp3) is 0.353. The number of nitrogens with one attached hydrogen (secondary N) is 3. The van der Waals surface area contributed by atoms with Crippen LogP contribution in [0, 0.1) is 0 Å². The smallest absolute Gasteiger partial charge is 0.323 e. The van der Waals surface area contributed by atoms with E-state index in [0.29, 0.717) is 6.42 Å². The molecule has 0 amide bonds. The topological polar surface area (TPSA) is 80.9 Å². The zero-order valence-electron chi connectivity index (χ0n) is 13.2. The maximum Gasteiger partial charge on any atom is 0.323 e. The monoisotopic (exact) mass is 331 g/mol. The van der Waals surface area contributed by atoms with E-state index in [0.717, 1.165) is 21.5 Å². The van der Waals surface area contributed by atoms with Crippen molar-refractivity contribution >= 4 is 22.4 Å². The highest BCUT2D eigenvalue weighted by Crippen LogP contribution is 2.24. The van der Waals surface area contributed by atoms with Crippen LogP contribution in [-0.2, 0) is 0 Å². The molecule has 122 valence electrons. The van der Waals surface area contributed by atoms with Gasteiger partial charge >= 0.3 is 5.69 Å². The lowest BCUT2D eigenvalue weighted by Gasteiger charge is -2.22. The predicted octanol–water partition coefficient (Wildman–Crippen LogP) is 3.08. The lowest BCUT2D eigenvalue weighted by Crippen LogP contribution is -2.30. The average Bonchev–Trinajstić information content (AvgIpc) is 3.14. The summed E-state index contributed by atoms with van der Waals surface area (Å²) >= 11 is 1.58. The summed E-state index contributed by atoms with van der Waals surface area (Å²) < 4.78 is 0. The quantitative estimate of drug-likeness (QED) is 0.560. The Morgan fingerprint density at radius 3 is 2.74 bits per heavy atom. The van der Waals surface area contributed by atoms with E-state index < -0.39 is 6.10 Å². The molecule has 0 aliphatic rings. The molecule has 1 aromatic carbocycles. The van der Waals surface area contributed by atoms with Gasteiger partial charge in [0.1, 0.15) is 0 Å². The zero-order valence-corrected chi connectivity index (χ0v) is 14.0. The molecule has 3 unspecified atom stereocenters. The summed E-state index contributed by atoms with van der Waals surface area (Å²) in [4.78, 5) is 17.8. The van der Waals surface area contributed by atoms with Crippen molar-refractivity contribution in [3.8, 4) is 0 Å². The van der Waals surface area contributed by atoms with E-state index in [1.54, 1.807) is 11.3 Å². The zero-order chi connectivity index (χ0) is 16.4. The number of aliphatic hydroxyl groups excluding tert-OH is 1. The fourth-order valence-electron chi connectivity index (χ4n) is 2.84. The Labute approximate surface area is 138 Å². The van der Waals surface area contributed by atoms with Crippen LogP contribution >= 0.6 is 11.3 Å². The minimum Gasteiger partial charge on any atom is -0.388 e. The van der Waals surface area contributed by atoms with E-state index in [1.807, 2.05) is 35.7 Å². The molecule has 0 radical (unpaired) electrons. The first kappa shape index (κ1) is 16.0. The van der Waals surface area contributed by atoms with Gasteiger partial charge < -0.3 is 20.4 Å². The third-order valence-corrected chi connectivity index (χ3v) is 5.00. The fourth-order valence-corrected chi connectivity index (χ4v) is 3.57. The van der Waals surface area contributed by atoms with Crippen molar-refractivity contribution in [2.24, 2.45) is 0 Å². The van der Waals surface area contributed by atoms with Gasteiger partial charge in [0.15, 0.2) is 0 Å². The SMILES string of the molecule is CC(CC(O)c1cccs1)NC(C)c1ccc2[nH]c(=O)[nH]c2c1. The number of aromatic nitrogens is 2. The van der Waals surface area contributed by atoms with Gasteiger partial charge in [0.05, 0.1) is 17.1 Å². The molecule has 4 N–H and O–H groups in total. The number of aromatic amines is 2. The summed E-state index contributed by atoms with van der Waals surface area (Å²) in [7, 11) is 0. The van der Waals surface area contributed by atoms with Gasteiger partial charge in [-0.05, 0) is 49.4 Å². The lowest BCUT2D eigenvalue weighted by molar-refractivity contribution is 0.155. The molecule has 0 spiro atoms. The Kier molecular flexibility index (Phi) is 4.66. The van der Waals surface area contributed by atoms with Crippen LogP contribution in [-0.4, -0.2) is 21.1 Å². The Balaban J connectivity index is 1.64. The number of fused-ring (bicyclic) bond motifs is 1. The predicted molar refractivity (Wildman–Crippen MR) is 93.8 cm³/mol. The molecule has 2 aromatic heterocycles. The number of thiophene rings is 1. The molecule has 0 bridgehead atoms. The van der Waals surface area contributed by atoms with Gasteiger partial charge in [0, 0.05) is 17.0 Å². The second-order valence-corrected chi connectivity index (χ2v) is 6.92. The van der Waals surface area contributed by atoms with E-state index >= 15 is 0 Å². The van der Waals surface area contributed by atoms with E-state index in [2.05, 4.69) is 29.1 Å². The first-order valence-corrected chi connectivity index (χ1v) is 8.60. The molecule has 23 heavy (non-hydrogen) atoms. The molecule has 3 atom stereocenters. The minimum absolute atomic E-state index is 0.128. The molecule has 0 aliphatic carbocycles. The van der Waals surface area contributed by atoms with Crippen molar-refractivity contribution in [3.63, 3.8) is 0 Å². The van der Waals surface area contributed by atoms with Crippen molar-refractivity contribution in [2.45, 2.75) is 38.5 Å². The number of benzene rings is 1. The van der Waals surface area contributed by atoms with Crippen LogP contribution < -0.4 is 11.0 Å². The Bertz CT molecular complexity index is 822. The van der Waals surface area contributed by atoms with Crippen LogP contribution in [0.25, 0.3) is 11.0 Å². The third-order valence-electron chi connectivity index (χ3n) is 4.02. The Hall–Kier alpha value is -1.89. The molecule has 5 nitrogen and oxygen atoms in total. The maximum absolute atomic E-state index is 11.3. The summed E-state index contributed by atoms with van der Waals surface area (Å²) in [6.45, 7) is 4.16. The summed E-state index contributed by atoms with van der Waals surface area (Å²) in [6.07, 6.45) is 0.224. The normalized spacial score (nSPS) is 15.6. The van der Waals surface area contributed by atoms with E-state index in [-0.39, 0.29) is 17.8 Å². The molecule has 0 saturated heterocycles. The number of aliphatic hydroxyl groups is 1. The van der Waals surface area contributed by atoms with Gasteiger partial charge in [0.25, 0.3) is 0 Å². The molecule has 2 heterocycles. The number of hydrogen-bond donors (Lipinski definition) is 4. The van der Waals surface area contributed by atoms with E-state index in [9.17, 15) is 9.90 Å². The first-order chi connectivity index (χ1) is 11.0. The van der Waals surface area contributed by atoms with Crippen molar-refractivity contribution in [1.29, 1.82) is 0 Å². The summed E-state index contributed by atoms with van der Waals surface area (Å²) in [5.74, 6) is 0. The number of rotatable bonds is 6. The highest BCUT2D eigenvalue weighted by atomic mass is 32.1. The van der Waals surface area contributed by atoms with Gasteiger partial charge in [-0.2, -0.15) is 0 Å². The standard InChI is InChI=1S/C17H21N3O2S/c1-10(8-15(21)16-4-3-7-23-16)18-11(2)12-5-6-13-14(9-12)20-17(22)19-13/h3-7,9-11,15,18,21H,8H2,1-2H3,(H2,19,20,22). The van der Waals surface area contributed by atoms with Gasteiger partial charge in [-0.25, -0.2) is 4.79 Å². The van der Waals surface area contributed by atoms with Crippen LogP contribution in [0.5, 0.6) is 0 Å². The second kappa shape index (κ2) is 6.70. The van der Waals surface area contributed by atoms with E-state index in [4.69, 9.17) is 0 Å². The average molecular weight is 331 g/mol. The molecule has 3 rings (SSSR count). The van der Waals surface area contributed by atoms with Crippen molar-refractivity contribution in [2.75, 3.05) is 0 Å². The molecular formula is C17H21N3O2S. The first-order valence-electron chi connectivity index (χ1n) is 7.72. The number of H-pyrrole nitrogens is 2. The van der Waals surface area contributed by atoms with Crippen LogP contribution in [0.1, 0.15) is 42.9 Å². The summed E-state index contributed by atoms with van der Waals surface area (Å²) in [5, 5.41) is 15.7. The minimum atomic E-state index is -0.437. The Morgan fingerprint density at radius 1 is 1.22 bits per heavy atom.